The molecule has 2 unspecified atom stereocenters. The third-order valence-electron chi connectivity index (χ3n) is 2.62. The van der Waals surface area contributed by atoms with E-state index in [1.165, 1.54) is 6.07 Å². The lowest BCUT2D eigenvalue weighted by Gasteiger charge is -2.16. The second-order valence-electron chi connectivity index (χ2n) is 3.84. The molecule has 1 aromatic heterocycles. The number of aromatic nitrogens is 1. The van der Waals surface area contributed by atoms with Crippen LogP contribution in [0.4, 0.5) is 5.82 Å². The molecule has 1 aromatic rings. The number of aromatic carboxylic acids is 1. The molecule has 0 amide bonds. The van der Waals surface area contributed by atoms with E-state index in [0.29, 0.717) is 5.82 Å². The Kier molecular flexibility index (Phi) is 3.19. The second kappa shape index (κ2) is 4.48. The Balaban J connectivity index is 2.28. The molecule has 92 valence electrons. The molecular weight excluding hydrogens is 248 g/mol. The minimum absolute atomic E-state index is 0.0570. The van der Waals surface area contributed by atoms with Crippen LogP contribution in [0.1, 0.15) is 10.5 Å². The molecule has 1 saturated heterocycles. The molecule has 2 atom stereocenters. The van der Waals surface area contributed by atoms with Gasteiger partial charge in [0.2, 0.25) is 0 Å². The molecule has 0 aromatic carbocycles. The number of nitrogens with zero attached hydrogens (tertiary/aromatic N) is 2. The van der Waals surface area contributed by atoms with Gasteiger partial charge < -0.3 is 20.2 Å². The molecule has 3 N–H and O–H groups in total. The number of β-amino-alcohol motifs (C(OH)–C–C–N with tert-alkyl or cyclic N) is 2. The molecule has 0 spiro atoms. The summed E-state index contributed by atoms with van der Waals surface area (Å²) in [6.45, 7) is 0.434. The van der Waals surface area contributed by atoms with Crippen LogP contribution in [0.2, 0.25) is 5.02 Å². The predicted octanol–water partition coefficient (Wildman–Crippen LogP) is -0.0250. The Morgan fingerprint density at radius 3 is 2.47 bits per heavy atom. The molecule has 0 radical (unpaired) electrons. The zero-order valence-corrected chi connectivity index (χ0v) is 9.50. The largest absolute Gasteiger partial charge is 0.476 e. The standard InChI is InChI=1S/C10H11ClN2O4/c11-5-1-2-8(12-9(5)10(16)17)13-3-6(14)7(15)4-13/h1-2,6-7,14-15H,3-4H2,(H,16,17). The molecule has 0 saturated carbocycles. The Labute approximate surface area is 102 Å². The van der Waals surface area contributed by atoms with Crippen LogP contribution in [0.15, 0.2) is 12.1 Å². The van der Waals surface area contributed by atoms with Crippen molar-refractivity contribution >= 4 is 23.4 Å². The van der Waals surface area contributed by atoms with Gasteiger partial charge in [-0.2, -0.15) is 0 Å². The lowest BCUT2D eigenvalue weighted by molar-refractivity contribution is 0.0572. The Bertz CT molecular complexity index is 444. The van der Waals surface area contributed by atoms with Crippen molar-refractivity contribution in [1.82, 2.24) is 4.98 Å². The van der Waals surface area contributed by atoms with Crippen LogP contribution in [-0.4, -0.2) is 51.6 Å². The maximum atomic E-state index is 10.9. The molecule has 7 heteroatoms. The first-order valence-electron chi connectivity index (χ1n) is 5.00. The van der Waals surface area contributed by atoms with E-state index >= 15 is 0 Å². The topological polar surface area (TPSA) is 93.9 Å². The number of hydrogen-bond acceptors (Lipinski definition) is 5. The van der Waals surface area contributed by atoms with E-state index < -0.39 is 18.2 Å². The van der Waals surface area contributed by atoms with Crippen LogP contribution in [0.25, 0.3) is 0 Å². The Morgan fingerprint density at radius 2 is 1.94 bits per heavy atom. The molecule has 1 fully saturated rings. The molecule has 0 aliphatic carbocycles. The molecule has 17 heavy (non-hydrogen) atoms. The fourth-order valence-electron chi connectivity index (χ4n) is 1.71. The normalized spacial score (nSPS) is 24.1. The summed E-state index contributed by atoms with van der Waals surface area (Å²) in [5.41, 5.74) is -0.236. The Hall–Kier alpha value is -1.37. The van der Waals surface area contributed by atoms with Crippen molar-refractivity contribution in [3.8, 4) is 0 Å². The zero-order chi connectivity index (χ0) is 12.6. The van der Waals surface area contributed by atoms with Gasteiger partial charge >= 0.3 is 5.97 Å². The summed E-state index contributed by atoms with van der Waals surface area (Å²) < 4.78 is 0. The first-order chi connectivity index (χ1) is 7.99. The quantitative estimate of drug-likeness (QED) is 0.690. The average Bonchev–Trinajstić information content (AvgIpc) is 2.59. The number of anilines is 1. The number of carbonyl (C=O) groups is 1. The highest BCUT2D eigenvalue weighted by atomic mass is 35.5. The third kappa shape index (κ3) is 2.33. The van der Waals surface area contributed by atoms with E-state index in [-0.39, 0.29) is 23.8 Å². The van der Waals surface area contributed by atoms with Crippen LogP contribution < -0.4 is 4.90 Å². The number of carboxylic acid groups (broad SMARTS) is 1. The summed E-state index contributed by atoms with van der Waals surface area (Å²) in [5, 5.41) is 27.7. The minimum Gasteiger partial charge on any atom is -0.476 e. The lowest BCUT2D eigenvalue weighted by Crippen LogP contribution is -2.23. The van der Waals surface area contributed by atoms with Gasteiger partial charge in [0.1, 0.15) is 5.82 Å². The van der Waals surface area contributed by atoms with E-state index in [0.717, 1.165) is 0 Å². The molecule has 1 aliphatic heterocycles. The summed E-state index contributed by atoms with van der Waals surface area (Å²) in [4.78, 5) is 16.4. The van der Waals surface area contributed by atoms with Gasteiger partial charge in [-0.15, -0.1) is 0 Å². The first kappa shape index (κ1) is 12.1. The van der Waals surface area contributed by atoms with E-state index in [1.807, 2.05) is 0 Å². The molecular formula is C10H11ClN2O4. The summed E-state index contributed by atoms with van der Waals surface area (Å²) in [7, 11) is 0. The van der Waals surface area contributed by atoms with Gasteiger partial charge in [-0.25, -0.2) is 9.78 Å². The van der Waals surface area contributed by atoms with Gasteiger partial charge in [-0.05, 0) is 12.1 Å². The van der Waals surface area contributed by atoms with Crippen LogP contribution in [-0.2, 0) is 0 Å². The smallest absolute Gasteiger partial charge is 0.356 e. The van der Waals surface area contributed by atoms with Gasteiger partial charge in [-0.3, -0.25) is 0 Å². The van der Waals surface area contributed by atoms with Crippen molar-refractivity contribution in [3.63, 3.8) is 0 Å². The highest BCUT2D eigenvalue weighted by Crippen LogP contribution is 2.22. The lowest BCUT2D eigenvalue weighted by atomic mass is 10.3. The number of rotatable bonds is 2. The van der Waals surface area contributed by atoms with E-state index in [4.69, 9.17) is 16.7 Å². The van der Waals surface area contributed by atoms with Gasteiger partial charge in [0.25, 0.3) is 0 Å². The molecule has 2 heterocycles. The summed E-state index contributed by atoms with van der Waals surface area (Å²) >= 11 is 5.69. The number of pyridine rings is 1. The fraction of sp³-hybridized carbons (Fsp3) is 0.400. The van der Waals surface area contributed by atoms with Crippen molar-refractivity contribution < 1.29 is 20.1 Å². The average molecular weight is 259 g/mol. The van der Waals surface area contributed by atoms with Gasteiger partial charge in [-0.1, -0.05) is 11.6 Å². The van der Waals surface area contributed by atoms with Crippen molar-refractivity contribution in [2.24, 2.45) is 0 Å². The molecule has 6 nitrogen and oxygen atoms in total. The third-order valence-corrected chi connectivity index (χ3v) is 2.92. The van der Waals surface area contributed by atoms with Crippen LogP contribution in [0.5, 0.6) is 0 Å². The van der Waals surface area contributed by atoms with Crippen LogP contribution in [0.3, 0.4) is 0 Å². The van der Waals surface area contributed by atoms with Crippen molar-refractivity contribution in [2.45, 2.75) is 12.2 Å². The second-order valence-corrected chi connectivity index (χ2v) is 4.25. The van der Waals surface area contributed by atoms with Crippen molar-refractivity contribution in [1.29, 1.82) is 0 Å². The monoisotopic (exact) mass is 258 g/mol. The Morgan fingerprint density at radius 1 is 1.35 bits per heavy atom. The van der Waals surface area contributed by atoms with Crippen molar-refractivity contribution in [2.75, 3.05) is 18.0 Å². The maximum Gasteiger partial charge on any atom is 0.356 e. The van der Waals surface area contributed by atoms with E-state index in [9.17, 15) is 15.0 Å². The van der Waals surface area contributed by atoms with Crippen LogP contribution >= 0.6 is 11.6 Å². The maximum absolute atomic E-state index is 10.9. The summed E-state index contributed by atoms with van der Waals surface area (Å²) in [6, 6.07) is 2.99. The SMILES string of the molecule is O=C(O)c1nc(N2CC(O)C(O)C2)ccc1Cl. The first-order valence-corrected chi connectivity index (χ1v) is 5.37. The fourth-order valence-corrected chi connectivity index (χ4v) is 1.90. The predicted molar refractivity (Wildman–Crippen MR) is 60.4 cm³/mol. The van der Waals surface area contributed by atoms with Crippen molar-refractivity contribution in [3.05, 3.63) is 22.8 Å². The van der Waals surface area contributed by atoms with Crippen LogP contribution in [0, 0.1) is 0 Å². The summed E-state index contributed by atoms with van der Waals surface area (Å²) in [5.74, 6) is -0.834. The number of halogens is 1. The number of hydrogen-bond donors (Lipinski definition) is 3. The van der Waals surface area contributed by atoms with E-state index in [2.05, 4.69) is 4.98 Å². The summed E-state index contributed by atoms with van der Waals surface area (Å²) in [6.07, 6.45) is -1.69. The zero-order valence-electron chi connectivity index (χ0n) is 8.75. The number of carboxylic acids is 1. The van der Waals surface area contributed by atoms with Gasteiger partial charge in [0.05, 0.1) is 17.2 Å². The number of aliphatic hydroxyl groups excluding tert-OH is 2. The highest BCUT2D eigenvalue weighted by Gasteiger charge is 2.30. The van der Waals surface area contributed by atoms with E-state index in [1.54, 1.807) is 11.0 Å². The molecule has 1 aliphatic rings. The number of aliphatic hydroxyl groups is 2. The molecule has 2 rings (SSSR count). The van der Waals surface area contributed by atoms with Gasteiger partial charge in [0, 0.05) is 13.1 Å². The van der Waals surface area contributed by atoms with Gasteiger partial charge in [0.15, 0.2) is 5.69 Å². The highest BCUT2D eigenvalue weighted by molar-refractivity contribution is 6.33. The minimum atomic E-state index is -1.21. The molecule has 0 bridgehead atoms.